The van der Waals surface area contributed by atoms with Gasteiger partial charge in [0.15, 0.2) is 0 Å². The van der Waals surface area contributed by atoms with Crippen LogP contribution in [0.2, 0.25) is 0 Å². The van der Waals surface area contributed by atoms with E-state index in [0.29, 0.717) is 6.04 Å². The number of carbonyl (C=O) groups is 2. The number of piperidine rings is 2. The van der Waals surface area contributed by atoms with Gasteiger partial charge in [-0.1, -0.05) is 18.2 Å². The van der Waals surface area contributed by atoms with Gasteiger partial charge in [-0.25, -0.2) is 9.59 Å². The molecular weight excluding hydrogens is 416 g/mol. The van der Waals surface area contributed by atoms with Crippen LogP contribution in [0.15, 0.2) is 24.3 Å². The Morgan fingerprint density at radius 3 is 2.18 bits per heavy atom. The topological polar surface area (TPSA) is 56.3 Å². The van der Waals surface area contributed by atoms with Crippen LogP contribution in [-0.4, -0.2) is 85.3 Å². The molecule has 0 bridgehead atoms. The third-order valence-corrected chi connectivity index (χ3v) is 7.58. The van der Waals surface area contributed by atoms with Crippen LogP contribution in [0.5, 0.6) is 0 Å². The van der Waals surface area contributed by atoms with Crippen molar-refractivity contribution in [1.82, 2.24) is 14.7 Å². The molecule has 33 heavy (non-hydrogen) atoms. The number of likely N-dealkylation sites (tertiary alicyclic amines) is 2. The molecule has 1 spiro atoms. The minimum Gasteiger partial charge on any atom is -0.444 e. The summed E-state index contributed by atoms with van der Waals surface area (Å²) in [5, 5.41) is 0. The normalized spacial score (nSPS) is 21.6. The molecule has 0 aromatic heterocycles. The highest BCUT2D eigenvalue weighted by molar-refractivity contribution is 5.93. The van der Waals surface area contributed by atoms with E-state index in [4.69, 9.17) is 4.74 Å². The molecule has 7 nitrogen and oxygen atoms in total. The number of para-hydroxylation sites is 1. The number of carbonyl (C=O) groups excluding carboxylic acids is 2. The van der Waals surface area contributed by atoms with E-state index in [9.17, 15) is 9.59 Å². The molecule has 1 aromatic rings. The third kappa shape index (κ3) is 4.98. The summed E-state index contributed by atoms with van der Waals surface area (Å²) in [5.41, 5.74) is 2.14. The van der Waals surface area contributed by atoms with E-state index in [1.807, 2.05) is 50.7 Å². The maximum absolute atomic E-state index is 12.7. The lowest BCUT2D eigenvalue weighted by Gasteiger charge is -2.50. The molecule has 0 saturated carbocycles. The second-order valence-corrected chi connectivity index (χ2v) is 11.1. The van der Waals surface area contributed by atoms with E-state index in [1.54, 1.807) is 4.90 Å². The Hall–Kier alpha value is -2.28. The molecule has 0 atom stereocenters. The summed E-state index contributed by atoms with van der Waals surface area (Å²) in [6.07, 6.45) is 5.10. The average Bonchev–Trinajstić information content (AvgIpc) is 2.79. The fraction of sp³-hybridized carbons (Fsp3) is 0.692. The molecule has 2 saturated heterocycles. The Morgan fingerprint density at radius 1 is 0.970 bits per heavy atom. The van der Waals surface area contributed by atoms with Gasteiger partial charge in [0.2, 0.25) is 0 Å². The van der Waals surface area contributed by atoms with E-state index in [1.165, 1.54) is 5.56 Å². The highest BCUT2D eigenvalue weighted by atomic mass is 16.6. The van der Waals surface area contributed by atoms with E-state index in [2.05, 4.69) is 23.1 Å². The first-order chi connectivity index (χ1) is 15.6. The van der Waals surface area contributed by atoms with Gasteiger partial charge in [0.1, 0.15) is 5.60 Å². The Morgan fingerprint density at radius 2 is 1.58 bits per heavy atom. The highest BCUT2D eigenvalue weighted by Crippen LogP contribution is 2.47. The highest BCUT2D eigenvalue weighted by Gasteiger charge is 2.44. The van der Waals surface area contributed by atoms with Crippen molar-refractivity contribution < 1.29 is 14.3 Å². The molecule has 3 aliphatic heterocycles. The molecule has 0 aliphatic carbocycles. The van der Waals surface area contributed by atoms with Crippen LogP contribution in [-0.2, 0) is 10.2 Å². The fourth-order valence-electron chi connectivity index (χ4n) is 5.76. The number of rotatable bonds is 1. The predicted octanol–water partition coefficient (Wildman–Crippen LogP) is 4.31. The number of benzene rings is 1. The summed E-state index contributed by atoms with van der Waals surface area (Å²) in [6.45, 7) is 10.2. The van der Waals surface area contributed by atoms with Crippen LogP contribution in [0.3, 0.4) is 0 Å². The molecule has 7 heteroatoms. The van der Waals surface area contributed by atoms with Crippen molar-refractivity contribution in [3.8, 4) is 0 Å². The molecule has 4 rings (SSSR count). The number of anilines is 1. The lowest BCUT2D eigenvalue weighted by Crippen LogP contribution is -2.54. The van der Waals surface area contributed by atoms with Gasteiger partial charge in [0.25, 0.3) is 0 Å². The Kier molecular flexibility index (Phi) is 6.63. The molecule has 3 heterocycles. The van der Waals surface area contributed by atoms with E-state index < -0.39 is 5.60 Å². The first-order valence-electron chi connectivity index (χ1n) is 12.4. The maximum Gasteiger partial charge on any atom is 0.410 e. The first kappa shape index (κ1) is 23.9. The van der Waals surface area contributed by atoms with E-state index in [0.717, 1.165) is 70.5 Å². The number of ether oxygens (including phenoxy) is 1. The van der Waals surface area contributed by atoms with Gasteiger partial charge in [-0.15, -0.1) is 0 Å². The van der Waals surface area contributed by atoms with Gasteiger partial charge in [-0.05, 0) is 77.6 Å². The minimum atomic E-state index is -0.446. The summed E-state index contributed by atoms with van der Waals surface area (Å²) in [5.74, 6) is 0. The number of urea groups is 1. The number of amides is 3. The zero-order valence-corrected chi connectivity index (χ0v) is 21.0. The fourth-order valence-corrected chi connectivity index (χ4v) is 5.76. The summed E-state index contributed by atoms with van der Waals surface area (Å²) >= 11 is 0. The van der Waals surface area contributed by atoms with Crippen molar-refractivity contribution in [2.75, 3.05) is 51.7 Å². The zero-order chi connectivity index (χ0) is 23.8. The summed E-state index contributed by atoms with van der Waals surface area (Å²) in [7, 11) is 3.64. The Balaban J connectivity index is 1.37. The maximum atomic E-state index is 12.7. The molecule has 182 valence electrons. The summed E-state index contributed by atoms with van der Waals surface area (Å²) in [6, 6.07) is 9.10. The van der Waals surface area contributed by atoms with Gasteiger partial charge in [-0.2, -0.15) is 0 Å². The first-order valence-corrected chi connectivity index (χ1v) is 12.4. The minimum absolute atomic E-state index is 0.0616. The van der Waals surface area contributed by atoms with Crippen molar-refractivity contribution in [1.29, 1.82) is 0 Å². The molecule has 3 aliphatic rings. The van der Waals surface area contributed by atoms with Crippen LogP contribution in [0.1, 0.15) is 58.4 Å². The van der Waals surface area contributed by atoms with Crippen LogP contribution in [0, 0.1) is 0 Å². The van der Waals surface area contributed by atoms with Gasteiger partial charge >= 0.3 is 12.1 Å². The number of nitrogens with zero attached hydrogens (tertiary/aromatic N) is 4. The van der Waals surface area contributed by atoms with Gasteiger partial charge in [0.05, 0.1) is 0 Å². The zero-order valence-electron chi connectivity index (χ0n) is 21.0. The van der Waals surface area contributed by atoms with E-state index in [-0.39, 0.29) is 17.5 Å². The lowest BCUT2D eigenvalue weighted by molar-refractivity contribution is 0.0107. The van der Waals surface area contributed by atoms with Crippen LogP contribution < -0.4 is 4.90 Å². The van der Waals surface area contributed by atoms with Crippen LogP contribution in [0.25, 0.3) is 0 Å². The number of hydrogen-bond acceptors (Lipinski definition) is 4. The molecule has 0 N–H and O–H groups in total. The van der Waals surface area contributed by atoms with Crippen molar-refractivity contribution in [3.63, 3.8) is 0 Å². The lowest BCUT2D eigenvalue weighted by atomic mass is 9.67. The van der Waals surface area contributed by atoms with Gasteiger partial charge < -0.3 is 19.4 Å². The molecule has 1 aromatic carbocycles. The van der Waals surface area contributed by atoms with Crippen LogP contribution in [0.4, 0.5) is 15.3 Å². The molecular formula is C26H40N4O3. The van der Waals surface area contributed by atoms with Gasteiger partial charge in [-0.3, -0.25) is 4.90 Å². The Labute approximate surface area is 198 Å². The smallest absolute Gasteiger partial charge is 0.410 e. The number of fused-ring (bicyclic) bond motifs is 2. The standard InChI is InChI=1S/C26H40N4O3/c1-25(2,3)33-24(32)29-15-10-20(11-16-29)28-17-12-26(13-18-28)14-19-30(23(31)27(4)5)22-9-7-6-8-21(22)26/h6-9,20H,10-19H2,1-5H3. The summed E-state index contributed by atoms with van der Waals surface area (Å²) in [4.78, 5) is 33.2. The predicted molar refractivity (Wildman–Crippen MR) is 131 cm³/mol. The second-order valence-electron chi connectivity index (χ2n) is 11.1. The quantitative estimate of drug-likeness (QED) is 0.632. The molecule has 2 fully saturated rings. The SMILES string of the molecule is CN(C)C(=O)N1CCC2(CCN(C3CCN(C(=O)OC(C)(C)C)CC3)CC2)c2ccccc21. The molecule has 3 amide bonds. The van der Waals surface area contributed by atoms with Crippen molar-refractivity contribution in [2.45, 2.75) is 69.9 Å². The van der Waals surface area contributed by atoms with Gasteiger partial charge in [0, 0.05) is 50.9 Å². The van der Waals surface area contributed by atoms with Crippen molar-refractivity contribution in [2.24, 2.45) is 0 Å². The molecule has 0 unspecified atom stereocenters. The van der Waals surface area contributed by atoms with Crippen LogP contribution >= 0.6 is 0 Å². The molecule has 0 radical (unpaired) electrons. The largest absolute Gasteiger partial charge is 0.444 e. The van der Waals surface area contributed by atoms with Crippen molar-refractivity contribution >= 4 is 17.8 Å². The Bertz CT molecular complexity index is 863. The average molecular weight is 457 g/mol. The number of hydrogen-bond donors (Lipinski definition) is 0. The third-order valence-electron chi connectivity index (χ3n) is 7.58. The van der Waals surface area contributed by atoms with Crippen molar-refractivity contribution in [3.05, 3.63) is 29.8 Å². The summed E-state index contributed by atoms with van der Waals surface area (Å²) < 4.78 is 5.55. The monoisotopic (exact) mass is 456 g/mol. The second kappa shape index (κ2) is 9.16. The van der Waals surface area contributed by atoms with E-state index >= 15 is 0 Å².